The highest BCUT2D eigenvalue weighted by Crippen LogP contribution is 2.34. The molecule has 0 aliphatic carbocycles. The molecule has 176 valence electrons. The van der Waals surface area contributed by atoms with Gasteiger partial charge in [0.05, 0.1) is 17.7 Å². The molecule has 1 aliphatic heterocycles. The van der Waals surface area contributed by atoms with E-state index in [9.17, 15) is 14.9 Å². The van der Waals surface area contributed by atoms with Gasteiger partial charge in [-0.25, -0.2) is 0 Å². The number of thioether (sulfide) groups is 1. The van der Waals surface area contributed by atoms with Crippen LogP contribution in [0.2, 0.25) is 0 Å². The normalized spacial score (nSPS) is 13.9. The lowest BCUT2D eigenvalue weighted by atomic mass is 10.1. The van der Waals surface area contributed by atoms with Gasteiger partial charge in [0, 0.05) is 53.1 Å². The number of aromatic amines is 1. The number of carbonyl (C=O) groups is 2. The van der Waals surface area contributed by atoms with Crippen molar-refractivity contribution in [3.05, 3.63) is 59.9 Å². The molecule has 4 aromatic rings. The molecule has 5 rings (SSSR count). The van der Waals surface area contributed by atoms with Crippen LogP contribution in [-0.4, -0.2) is 51.3 Å². The fourth-order valence-corrected chi connectivity index (χ4v) is 4.83. The average Bonchev–Trinajstić information content (AvgIpc) is 3.23. The van der Waals surface area contributed by atoms with Crippen molar-refractivity contribution >= 4 is 44.6 Å². The lowest BCUT2D eigenvalue weighted by Gasteiger charge is -2.25. The topological polar surface area (TPSA) is 108 Å². The van der Waals surface area contributed by atoms with E-state index in [0.29, 0.717) is 65.6 Å². The Hall–Kier alpha value is -4.03. The molecule has 1 aliphatic rings. The second-order valence-electron chi connectivity index (χ2n) is 8.22. The van der Waals surface area contributed by atoms with Gasteiger partial charge >= 0.3 is 5.91 Å². The molecule has 9 heteroatoms. The summed E-state index contributed by atoms with van der Waals surface area (Å²) in [6, 6.07) is 15.3. The van der Waals surface area contributed by atoms with Crippen LogP contribution in [0.1, 0.15) is 17.7 Å². The molecular formula is C26H22N4O4S. The van der Waals surface area contributed by atoms with Crippen LogP contribution >= 0.6 is 11.8 Å². The summed E-state index contributed by atoms with van der Waals surface area (Å²) in [6.45, 7) is 3.30. The Bertz CT molecular complexity index is 1490. The molecule has 1 N–H and O–H groups in total. The van der Waals surface area contributed by atoms with Crippen LogP contribution in [0.3, 0.4) is 0 Å². The van der Waals surface area contributed by atoms with E-state index in [-0.39, 0.29) is 0 Å². The van der Waals surface area contributed by atoms with Crippen molar-refractivity contribution in [2.45, 2.75) is 13.3 Å². The Morgan fingerprint density at radius 3 is 2.91 bits per heavy atom. The highest BCUT2D eigenvalue weighted by atomic mass is 32.2. The lowest BCUT2D eigenvalue weighted by Crippen LogP contribution is -2.42. The fraction of sp³-hybridized carbons (Fsp3) is 0.231. The Balaban J connectivity index is 1.32. The molecule has 1 fully saturated rings. The number of aromatic nitrogens is 2. The van der Waals surface area contributed by atoms with Crippen molar-refractivity contribution in [3.8, 4) is 23.3 Å². The van der Waals surface area contributed by atoms with Gasteiger partial charge in [0.25, 0.3) is 5.12 Å². The third-order valence-electron chi connectivity index (χ3n) is 5.76. The molecule has 0 radical (unpaired) electrons. The quantitative estimate of drug-likeness (QED) is 0.301. The number of fused-ring (bicyclic) bond motifs is 2. The second-order valence-corrected chi connectivity index (χ2v) is 9.29. The largest absolute Gasteiger partial charge is 0.492 e. The van der Waals surface area contributed by atoms with Crippen molar-refractivity contribution in [1.29, 1.82) is 5.26 Å². The Morgan fingerprint density at radius 2 is 2.06 bits per heavy atom. The van der Waals surface area contributed by atoms with Crippen LogP contribution < -0.4 is 9.47 Å². The first-order valence-electron chi connectivity index (χ1n) is 11.2. The molecular weight excluding hydrogens is 464 g/mol. The van der Waals surface area contributed by atoms with Crippen LogP contribution in [0, 0.1) is 18.3 Å². The number of nitrogens with zero attached hydrogens (tertiary/aromatic N) is 3. The molecule has 2 aromatic carbocycles. The maximum atomic E-state index is 11.9. The van der Waals surface area contributed by atoms with Crippen LogP contribution in [0.15, 0.2) is 48.7 Å². The Kier molecular flexibility index (Phi) is 6.29. The fourth-order valence-electron chi connectivity index (χ4n) is 4.08. The molecule has 1 saturated heterocycles. The number of rotatable bonds is 7. The Labute approximate surface area is 205 Å². The zero-order valence-electron chi connectivity index (χ0n) is 19.0. The van der Waals surface area contributed by atoms with Gasteiger partial charge < -0.3 is 19.4 Å². The summed E-state index contributed by atoms with van der Waals surface area (Å²) >= 11 is 1.06. The van der Waals surface area contributed by atoms with Crippen molar-refractivity contribution in [3.63, 3.8) is 0 Å². The highest BCUT2D eigenvalue weighted by molar-refractivity contribution is 8.15. The first kappa shape index (κ1) is 22.7. The summed E-state index contributed by atoms with van der Waals surface area (Å²) in [5.74, 6) is 1.86. The van der Waals surface area contributed by atoms with Gasteiger partial charge in [0.15, 0.2) is 0 Å². The minimum atomic E-state index is -0.452. The zero-order valence-corrected chi connectivity index (χ0v) is 19.9. The molecule has 0 unspecified atom stereocenters. The van der Waals surface area contributed by atoms with Crippen molar-refractivity contribution < 1.29 is 19.1 Å². The van der Waals surface area contributed by atoms with Gasteiger partial charge in [-0.2, -0.15) is 5.26 Å². The van der Waals surface area contributed by atoms with Gasteiger partial charge in [-0.15, -0.1) is 0 Å². The monoisotopic (exact) mass is 486 g/mol. The number of pyridine rings is 1. The van der Waals surface area contributed by atoms with Crippen LogP contribution in [0.25, 0.3) is 21.8 Å². The molecule has 0 atom stereocenters. The summed E-state index contributed by atoms with van der Waals surface area (Å²) in [5, 5.41) is 11.1. The van der Waals surface area contributed by atoms with Crippen LogP contribution in [-0.2, 0) is 9.59 Å². The van der Waals surface area contributed by atoms with E-state index >= 15 is 0 Å². The van der Waals surface area contributed by atoms with Crippen LogP contribution in [0.5, 0.6) is 17.2 Å². The average molecular weight is 487 g/mol. The lowest BCUT2D eigenvalue weighted by molar-refractivity contribution is -0.140. The number of amides is 1. The first-order chi connectivity index (χ1) is 17.0. The number of hydrogen-bond acceptors (Lipinski definition) is 7. The summed E-state index contributed by atoms with van der Waals surface area (Å²) < 4.78 is 12.0. The molecule has 0 saturated carbocycles. The van der Waals surface area contributed by atoms with Crippen molar-refractivity contribution in [2.24, 2.45) is 0 Å². The van der Waals surface area contributed by atoms with Crippen molar-refractivity contribution in [1.82, 2.24) is 14.9 Å². The standard InChI is InChI=1S/C26H22N4O4S/c1-16-11-17-12-19(3-4-21(17)29-16)34-23-5-6-28-22-14-24(18(15-27)13-20(22)23)33-9-2-7-30-8-10-35-26(32)25(30)31/h3-6,11-14,29H,2,7-10H2,1H3. The second kappa shape index (κ2) is 9.68. The van der Waals surface area contributed by atoms with Crippen LogP contribution in [0.4, 0.5) is 0 Å². The number of nitrogens with one attached hydrogen (secondary N) is 1. The number of benzene rings is 2. The van der Waals surface area contributed by atoms with Crippen molar-refractivity contribution in [2.75, 3.05) is 25.4 Å². The number of nitriles is 1. The summed E-state index contributed by atoms with van der Waals surface area (Å²) in [7, 11) is 0. The third kappa shape index (κ3) is 4.79. The number of H-pyrrole nitrogens is 1. The molecule has 1 amide bonds. The van der Waals surface area contributed by atoms with E-state index in [1.165, 1.54) is 0 Å². The van der Waals surface area contributed by atoms with E-state index in [2.05, 4.69) is 22.1 Å². The molecule has 3 heterocycles. The van der Waals surface area contributed by atoms with Gasteiger partial charge in [0.2, 0.25) is 0 Å². The highest BCUT2D eigenvalue weighted by Gasteiger charge is 2.26. The maximum absolute atomic E-state index is 11.9. The number of ether oxygens (including phenoxy) is 2. The van der Waals surface area contributed by atoms with Gasteiger partial charge in [-0.3, -0.25) is 14.6 Å². The van der Waals surface area contributed by atoms with E-state index in [0.717, 1.165) is 28.4 Å². The van der Waals surface area contributed by atoms with Gasteiger partial charge in [-0.1, -0.05) is 11.8 Å². The molecule has 35 heavy (non-hydrogen) atoms. The molecule has 2 aromatic heterocycles. The zero-order chi connectivity index (χ0) is 24.4. The number of carbonyl (C=O) groups excluding carboxylic acids is 2. The molecule has 8 nitrogen and oxygen atoms in total. The molecule has 0 spiro atoms. The van der Waals surface area contributed by atoms with E-state index in [1.807, 2.05) is 25.1 Å². The SMILES string of the molecule is Cc1cc2cc(Oc3ccnc4cc(OCCCN5CCSC(=O)C5=O)c(C#N)cc34)ccc2[nH]1. The van der Waals surface area contributed by atoms with E-state index in [1.54, 1.807) is 29.3 Å². The predicted octanol–water partition coefficient (Wildman–Crippen LogP) is 4.56. The summed E-state index contributed by atoms with van der Waals surface area (Å²) in [6.07, 6.45) is 2.20. The first-order valence-corrected chi connectivity index (χ1v) is 12.2. The maximum Gasteiger partial charge on any atom is 0.301 e. The minimum absolute atomic E-state index is 0.303. The number of hydrogen-bond donors (Lipinski definition) is 1. The Morgan fingerprint density at radius 1 is 1.17 bits per heavy atom. The van der Waals surface area contributed by atoms with Gasteiger partial charge in [-0.05, 0) is 49.7 Å². The van der Waals surface area contributed by atoms with E-state index in [4.69, 9.17) is 9.47 Å². The number of aryl methyl sites for hydroxylation is 1. The summed E-state index contributed by atoms with van der Waals surface area (Å²) in [5.41, 5.74) is 3.13. The molecule has 0 bridgehead atoms. The summed E-state index contributed by atoms with van der Waals surface area (Å²) in [4.78, 5) is 32.7. The smallest absolute Gasteiger partial charge is 0.301 e. The third-order valence-corrected chi connectivity index (χ3v) is 6.59. The van der Waals surface area contributed by atoms with E-state index < -0.39 is 11.0 Å². The predicted molar refractivity (Wildman–Crippen MR) is 134 cm³/mol. The van der Waals surface area contributed by atoms with Gasteiger partial charge in [0.1, 0.15) is 23.3 Å². The minimum Gasteiger partial charge on any atom is -0.492 e.